The zero-order valence-corrected chi connectivity index (χ0v) is 8.86. The number of aromatic nitrogens is 1. The summed E-state index contributed by atoms with van der Waals surface area (Å²) in [6.07, 6.45) is 4.40. The van der Waals surface area contributed by atoms with E-state index in [1.807, 2.05) is 13.8 Å². The average molecular weight is 202 g/mol. The number of pyridine rings is 1. The lowest BCUT2D eigenvalue weighted by molar-refractivity contribution is -0.385. The third kappa shape index (κ3) is 7.27. The zero-order chi connectivity index (χ0) is 10.7. The molecule has 0 radical (unpaired) electrons. The Morgan fingerprint density at radius 3 is 2.23 bits per heavy atom. The molecule has 0 saturated heterocycles. The highest BCUT2D eigenvalue weighted by atomic mass is 32.1. The lowest BCUT2D eigenvalue weighted by Crippen LogP contribution is -1.86. The average Bonchev–Trinajstić information content (AvgIpc) is 2.25. The minimum Gasteiger partial charge on any atom is -0.258 e. The standard InChI is InChI=1S/C5H4N2O2.C2H6.CH4S/c8-7(9)5-2-1-3-6-4-5;2*1-2/h1-4H;1-2H3;2H,1H3. The molecule has 4 nitrogen and oxygen atoms in total. The van der Waals surface area contributed by atoms with Crippen molar-refractivity contribution in [3.8, 4) is 0 Å². The van der Waals surface area contributed by atoms with Crippen LogP contribution in [0.25, 0.3) is 0 Å². The second-order valence-electron chi connectivity index (χ2n) is 1.47. The van der Waals surface area contributed by atoms with Crippen molar-refractivity contribution < 1.29 is 4.92 Å². The van der Waals surface area contributed by atoms with Crippen LogP contribution >= 0.6 is 12.6 Å². The summed E-state index contributed by atoms with van der Waals surface area (Å²) in [6, 6.07) is 2.92. The number of thiol groups is 1. The molecule has 0 saturated carbocycles. The highest BCUT2D eigenvalue weighted by molar-refractivity contribution is 7.79. The molecule has 0 atom stereocenters. The highest BCUT2D eigenvalue weighted by Gasteiger charge is 1.99. The van der Waals surface area contributed by atoms with Crippen LogP contribution in [0.5, 0.6) is 0 Å². The Kier molecular flexibility index (Phi) is 12.1. The first-order chi connectivity index (χ1) is 6.30. The molecular formula is C8H14N2O2S. The van der Waals surface area contributed by atoms with E-state index in [0.717, 1.165) is 0 Å². The van der Waals surface area contributed by atoms with Crippen molar-refractivity contribution in [1.82, 2.24) is 4.98 Å². The van der Waals surface area contributed by atoms with Gasteiger partial charge in [0.15, 0.2) is 0 Å². The predicted molar refractivity (Wildman–Crippen MR) is 57.1 cm³/mol. The van der Waals surface area contributed by atoms with Crippen molar-refractivity contribution >= 4 is 18.3 Å². The molecular weight excluding hydrogens is 188 g/mol. The molecule has 13 heavy (non-hydrogen) atoms. The van der Waals surface area contributed by atoms with Gasteiger partial charge in [0.25, 0.3) is 5.69 Å². The maximum Gasteiger partial charge on any atom is 0.287 e. The molecule has 0 aliphatic heterocycles. The fourth-order valence-corrected chi connectivity index (χ4v) is 0.462. The second kappa shape index (κ2) is 10.9. The van der Waals surface area contributed by atoms with E-state index in [2.05, 4.69) is 17.6 Å². The van der Waals surface area contributed by atoms with Gasteiger partial charge < -0.3 is 0 Å². The monoisotopic (exact) mass is 202 g/mol. The van der Waals surface area contributed by atoms with Crippen molar-refractivity contribution in [3.63, 3.8) is 0 Å². The number of hydrogen-bond acceptors (Lipinski definition) is 4. The Labute approximate surface area is 83.6 Å². The van der Waals surface area contributed by atoms with E-state index in [1.165, 1.54) is 24.5 Å². The molecule has 0 aliphatic carbocycles. The van der Waals surface area contributed by atoms with E-state index in [9.17, 15) is 10.1 Å². The molecule has 0 aromatic carbocycles. The summed E-state index contributed by atoms with van der Waals surface area (Å²) in [4.78, 5) is 13.1. The summed E-state index contributed by atoms with van der Waals surface area (Å²) in [5, 5.41) is 9.97. The molecule has 0 fully saturated rings. The van der Waals surface area contributed by atoms with Crippen molar-refractivity contribution in [3.05, 3.63) is 34.6 Å². The molecule has 1 aromatic rings. The minimum atomic E-state index is -0.479. The van der Waals surface area contributed by atoms with Gasteiger partial charge >= 0.3 is 0 Å². The third-order valence-electron chi connectivity index (χ3n) is 0.857. The lowest BCUT2D eigenvalue weighted by Gasteiger charge is -1.84. The summed E-state index contributed by atoms with van der Waals surface area (Å²) < 4.78 is 0. The van der Waals surface area contributed by atoms with Crippen LogP contribution in [0, 0.1) is 10.1 Å². The molecule has 0 amide bonds. The van der Waals surface area contributed by atoms with Gasteiger partial charge in [-0.3, -0.25) is 15.1 Å². The predicted octanol–water partition coefficient (Wildman–Crippen LogP) is 2.56. The van der Waals surface area contributed by atoms with Crippen LogP contribution in [-0.4, -0.2) is 16.2 Å². The number of nitro groups is 1. The Morgan fingerprint density at radius 2 is 2.00 bits per heavy atom. The van der Waals surface area contributed by atoms with Gasteiger partial charge in [-0.15, -0.1) is 0 Å². The Hall–Kier alpha value is -1.10. The second-order valence-corrected chi connectivity index (χ2v) is 1.47. The van der Waals surface area contributed by atoms with E-state index < -0.39 is 4.92 Å². The molecule has 1 heterocycles. The molecule has 1 aromatic heterocycles. The minimum absolute atomic E-state index is 0.0255. The van der Waals surface area contributed by atoms with Crippen LogP contribution in [0.15, 0.2) is 24.5 Å². The zero-order valence-electron chi connectivity index (χ0n) is 7.97. The summed E-state index contributed by atoms with van der Waals surface area (Å²) in [5.41, 5.74) is 0.0255. The van der Waals surface area contributed by atoms with Crippen molar-refractivity contribution in [1.29, 1.82) is 0 Å². The molecule has 74 valence electrons. The third-order valence-corrected chi connectivity index (χ3v) is 0.857. The van der Waals surface area contributed by atoms with E-state index in [-0.39, 0.29) is 5.69 Å². The van der Waals surface area contributed by atoms with Gasteiger partial charge in [-0.25, -0.2) is 0 Å². The fourth-order valence-electron chi connectivity index (χ4n) is 0.462. The van der Waals surface area contributed by atoms with Crippen molar-refractivity contribution in [2.45, 2.75) is 13.8 Å². The smallest absolute Gasteiger partial charge is 0.258 e. The Bertz CT molecular complexity index is 217. The van der Waals surface area contributed by atoms with Gasteiger partial charge in [0.1, 0.15) is 6.20 Å². The maximum absolute atomic E-state index is 9.97. The summed E-state index contributed by atoms with van der Waals surface area (Å²) >= 11 is 3.53. The van der Waals surface area contributed by atoms with Gasteiger partial charge in [0, 0.05) is 12.3 Å². The van der Waals surface area contributed by atoms with E-state index in [0.29, 0.717) is 0 Å². The summed E-state index contributed by atoms with van der Waals surface area (Å²) in [5.74, 6) is 0. The first kappa shape index (κ1) is 14.4. The van der Waals surface area contributed by atoms with Crippen LogP contribution < -0.4 is 0 Å². The van der Waals surface area contributed by atoms with E-state index >= 15 is 0 Å². The topological polar surface area (TPSA) is 56.0 Å². The molecule has 0 N–H and O–H groups in total. The molecule has 5 heteroatoms. The van der Waals surface area contributed by atoms with E-state index in [4.69, 9.17) is 0 Å². The van der Waals surface area contributed by atoms with E-state index in [1.54, 1.807) is 6.26 Å². The van der Waals surface area contributed by atoms with Crippen molar-refractivity contribution in [2.24, 2.45) is 0 Å². The van der Waals surface area contributed by atoms with Crippen LogP contribution in [0.4, 0.5) is 5.69 Å². The highest BCUT2D eigenvalue weighted by Crippen LogP contribution is 2.04. The summed E-state index contributed by atoms with van der Waals surface area (Å²) in [6.45, 7) is 4.00. The SMILES string of the molecule is CC.CS.O=[N+]([O-])c1cccnc1. The number of nitrogens with zero attached hydrogens (tertiary/aromatic N) is 2. The Balaban J connectivity index is 0. The van der Waals surface area contributed by atoms with Gasteiger partial charge in [-0.1, -0.05) is 13.8 Å². The van der Waals surface area contributed by atoms with Crippen LogP contribution in [-0.2, 0) is 0 Å². The largest absolute Gasteiger partial charge is 0.287 e. The fraction of sp³-hybridized carbons (Fsp3) is 0.375. The van der Waals surface area contributed by atoms with Gasteiger partial charge in [0.2, 0.25) is 0 Å². The first-order valence-electron chi connectivity index (χ1n) is 3.80. The van der Waals surface area contributed by atoms with Gasteiger partial charge in [0.05, 0.1) is 4.92 Å². The molecule has 0 bridgehead atoms. The normalized spacial score (nSPS) is 7.08. The number of rotatable bonds is 1. The first-order valence-corrected chi connectivity index (χ1v) is 4.69. The van der Waals surface area contributed by atoms with Crippen molar-refractivity contribution in [2.75, 3.05) is 6.26 Å². The van der Waals surface area contributed by atoms with Gasteiger partial charge in [-0.05, 0) is 12.3 Å². The molecule has 0 unspecified atom stereocenters. The molecule has 0 aliphatic rings. The van der Waals surface area contributed by atoms with Crippen LogP contribution in [0.2, 0.25) is 0 Å². The molecule has 0 spiro atoms. The quantitative estimate of drug-likeness (QED) is 0.432. The lowest BCUT2D eigenvalue weighted by atomic mass is 10.4. The van der Waals surface area contributed by atoms with Crippen LogP contribution in [0.3, 0.4) is 0 Å². The Morgan fingerprint density at radius 1 is 1.46 bits per heavy atom. The van der Waals surface area contributed by atoms with Gasteiger partial charge in [-0.2, -0.15) is 12.6 Å². The summed E-state index contributed by atoms with van der Waals surface area (Å²) in [7, 11) is 0. The number of hydrogen-bond donors (Lipinski definition) is 1. The van der Waals surface area contributed by atoms with Crippen LogP contribution in [0.1, 0.15) is 13.8 Å². The molecule has 1 rings (SSSR count). The maximum atomic E-state index is 9.97.